The lowest BCUT2D eigenvalue weighted by Gasteiger charge is -2.16. The monoisotopic (exact) mass is 266 g/mol. The van der Waals surface area contributed by atoms with Gasteiger partial charge >= 0.3 is 0 Å². The molecule has 9 heteroatoms. The van der Waals surface area contributed by atoms with Gasteiger partial charge in [0.2, 0.25) is 0 Å². The fourth-order valence-corrected chi connectivity index (χ4v) is 2.25. The summed E-state index contributed by atoms with van der Waals surface area (Å²) in [5.74, 6) is 5.30. The van der Waals surface area contributed by atoms with Crippen LogP contribution in [-0.2, 0) is 9.57 Å². The van der Waals surface area contributed by atoms with Crippen molar-refractivity contribution >= 4 is 17.0 Å². The Kier molecular flexibility index (Phi) is 3.03. The van der Waals surface area contributed by atoms with E-state index < -0.39 is 12.3 Å². The molecule has 2 aromatic rings. The Hall–Kier alpha value is -1.81. The van der Waals surface area contributed by atoms with Crippen LogP contribution in [0.3, 0.4) is 0 Å². The van der Waals surface area contributed by atoms with Crippen molar-refractivity contribution < 1.29 is 14.7 Å². The predicted molar refractivity (Wildman–Crippen MR) is 64.4 cm³/mol. The zero-order valence-electron chi connectivity index (χ0n) is 10.0. The number of hydrogen-bond donors (Lipinski definition) is 3. The van der Waals surface area contributed by atoms with E-state index in [4.69, 9.17) is 16.4 Å². The quantitative estimate of drug-likeness (QED) is 0.599. The number of nitrogens with zero attached hydrogens (tertiary/aromatic N) is 4. The first-order valence-electron chi connectivity index (χ1n) is 5.79. The van der Waals surface area contributed by atoms with Gasteiger partial charge in [-0.1, -0.05) is 0 Å². The molecule has 3 heterocycles. The van der Waals surface area contributed by atoms with Gasteiger partial charge in [-0.2, -0.15) is 0 Å². The Morgan fingerprint density at radius 1 is 1.47 bits per heavy atom. The van der Waals surface area contributed by atoms with Crippen molar-refractivity contribution in [1.82, 2.24) is 19.5 Å². The van der Waals surface area contributed by atoms with E-state index in [0.29, 0.717) is 17.6 Å². The summed E-state index contributed by atoms with van der Waals surface area (Å²) in [4.78, 5) is 16.6. The minimum atomic E-state index is -0.686. The highest BCUT2D eigenvalue weighted by Crippen LogP contribution is 2.31. The molecule has 5 N–H and O–H groups in total. The first-order chi connectivity index (χ1) is 9.20. The van der Waals surface area contributed by atoms with Crippen LogP contribution in [-0.4, -0.2) is 43.4 Å². The number of imidazole rings is 1. The summed E-state index contributed by atoms with van der Waals surface area (Å²) in [7, 11) is 0. The molecule has 0 radical (unpaired) electrons. The maximum Gasteiger partial charge on any atom is 0.167 e. The number of aliphatic hydroxyl groups excluding tert-OH is 1. The van der Waals surface area contributed by atoms with Crippen LogP contribution in [0.25, 0.3) is 11.2 Å². The number of aliphatic hydroxyl groups is 1. The maximum atomic E-state index is 10.0. The van der Waals surface area contributed by atoms with Gasteiger partial charge in [0.1, 0.15) is 17.9 Å². The first-order valence-corrected chi connectivity index (χ1v) is 5.79. The fraction of sp³-hybridized carbons (Fsp3) is 0.500. The van der Waals surface area contributed by atoms with Crippen LogP contribution in [0.5, 0.6) is 0 Å². The topological polar surface area (TPSA) is 134 Å². The fourth-order valence-electron chi connectivity index (χ4n) is 2.25. The second-order valence-corrected chi connectivity index (χ2v) is 4.37. The second kappa shape index (κ2) is 4.70. The number of fused-ring (bicyclic) bond motifs is 1. The highest BCUT2D eigenvalue weighted by molar-refractivity contribution is 5.81. The zero-order valence-corrected chi connectivity index (χ0v) is 10.0. The second-order valence-electron chi connectivity index (χ2n) is 4.37. The number of nitrogen functional groups attached to an aromatic ring is 1. The number of rotatable bonds is 3. The summed E-state index contributed by atoms with van der Waals surface area (Å²) in [6, 6.07) is 0. The number of hydrogen-bond acceptors (Lipinski definition) is 8. The molecule has 3 rings (SSSR count). The van der Waals surface area contributed by atoms with Gasteiger partial charge in [0.15, 0.2) is 17.7 Å². The van der Waals surface area contributed by atoms with Crippen molar-refractivity contribution in [1.29, 1.82) is 0 Å². The minimum Gasteiger partial charge on any atom is -0.388 e. The summed E-state index contributed by atoms with van der Waals surface area (Å²) >= 11 is 0. The van der Waals surface area contributed by atoms with E-state index in [1.807, 2.05) is 0 Å². The van der Waals surface area contributed by atoms with Crippen LogP contribution >= 0.6 is 0 Å². The standard InChI is InChI=1S/C10H14N6O3/c11-8-7-9(14-3-13-8)16(4-15-7)10-6(17)1-5(19-10)2-18-12/h3-6,10,17H,1-2,12H2,(H2,11,13,14)/t5-,6+,10+/m0/s1. The summed E-state index contributed by atoms with van der Waals surface area (Å²) in [6.45, 7) is 0.220. The molecule has 1 aliphatic rings. The number of aromatic nitrogens is 4. The van der Waals surface area contributed by atoms with E-state index in [-0.39, 0.29) is 18.5 Å². The van der Waals surface area contributed by atoms with Crippen molar-refractivity contribution in [2.75, 3.05) is 12.3 Å². The van der Waals surface area contributed by atoms with Gasteiger partial charge < -0.3 is 20.4 Å². The van der Waals surface area contributed by atoms with Crippen LogP contribution in [0, 0.1) is 0 Å². The van der Waals surface area contributed by atoms with Crippen LogP contribution in [0.15, 0.2) is 12.7 Å². The number of anilines is 1. The predicted octanol–water partition coefficient (Wildman–Crippen LogP) is -1.05. The zero-order chi connectivity index (χ0) is 13.4. The van der Waals surface area contributed by atoms with Crippen molar-refractivity contribution in [3.8, 4) is 0 Å². The molecule has 0 amide bonds. The Bertz CT molecular complexity index is 588. The molecule has 3 atom stereocenters. The third-order valence-electron chi connectivity index (χ3n) is 3.11. The van der Waals surface area contributed by atoms with E-state index in [1.165, 1.54) is 12.7 Å². The smallest absolute Gasteiger partial charge is 0.167 e. The summed E-state index contributed by atoms with van der Waals surface area (Å²) < 4.78 is 7.31. The largest absolute Gasteiger partial charge is 0.388 e. The minimum absolute atomic E-state index is 0.220. The van der Waals surface area contributed by atoms with E-state index >= 15 is 0 Å². The Labute approximate surface area is 108 Å². The Morgan fingerprint density at radius 3 is 3.11 bits per heavy atom. The SMILES string of the molecule is NOC[C@@H]1C[C@@H](O)[C@H](n2cnc3c(N)ncnc32)O1. The van der Waals surface area contributed by atoms with E-state index in [2.05, 4.69) is 19.8 Å². The highest BCUT2D eigenvalue weighted by atomic mass is 16.6. The molecule has 1 saturated heterocycles. The Balaban J connectivity index is 1.94. The average molecular weight is 266 g/mol. The average Bonchev–Trinajstić information content (AvgIpc) is 2.94. The molecule has 102 valence electrons. The Morgan fingerprint density at radius 2 is 2.32 bits per heavy atom. The van der Waals surface area contributed by atoms with E-state index in [0.717, 1.165) is 0 Å². The van der Waals surface area contributed by atoms with Crippen molar-refractivity contribution in [2.45, 2.75) is 24.9 Å². The molecular formula is C10H14N6O3. The highest BCUT2D eigenvalue weighted by Gasteiger charge is 2.36. The molecule has 0 spiro atoms. The maximum absolute atomic E-state index is 10.0. The third kappa shape index (κ3) is 2.02. The normalized spacial score (nSPS) is 27.2. The van der Waals surface area contributed by atoms with E-state index in [1.54, 1.807) is 4.57 Å². The van der Waals surface area contributed by atoms with Crippen molar-refractivity contribution in [2.24, 2.45) is 5.90 Å². The van der Waals surface area contributed by atoms with Gasteiger partial charge in [-0.05, 0) is 0 Å². The molecule has 1 aliphatic heterocycles. The van der Waals surface area contributed by atoms with Crippen molar-refractivity contribution in [3.05, 3.63) is 12.7 Å². The van der Waals surface area contributed by atoms with Gasteiger partial charge in [-0.15, -0.1) is 0 Å². The van der Waals surface area contributed by atoms with Crippen LogP contribution in [0.4, 0.5) is 5.82 Å². The molecule has 2 aromatic heterocycles. The van der Waals surface area contributed by atoms with Crippen LogP contribution in [0.2, 0.25) is 0 Å². The molecule has 0 bridgehead atoms. The summed E-state index contributed by atoms with van der Waals surface area (Å²) in [6.07, 6.45) is 1.77. The molecule has 9 nitrogen and oxygen atoms in total. The van der Waals surface area contributed by atoms with Gasteiger partial charge in [-0.25, -0.2) is 20.8 Å². The molecule has 0 aromatic carbocycles. The van der Waals surface area contributed by atoms with Gasteiger partial charge in [0.25, 0.3) is 0 Å². The first kappa shape index (κ1) is 12.2. The van der Waals surface area contributed by atoms with Gasteiger partial charge in [0.05, 0.1) is 19.0 Å². The molecule has 1 fully saturated rings. The van der Waals surface area contributed by atoms with E-state index in [9.17, 15) is 5.11 Å². The lowest BCUT2D eigenvalue weighted by atomic mass is 10.2. The molecule has 19 heavy (non-hydrogen) atoms. The van der Waals surface area contributed by atoms with Gasteiger partial charge in [0, 0.05) is 6.42 Å². The third-order valence-corrected chi connectivity index (χ3v) is 3.11. The van der Waals surface area contributed by atoms with Crippen molar-refractivity contribution in [3.63, 3.8) is 0 Å². The van der Waals surface area contributed by atoms with Gasteiger partial charge in [-0.3, -0.25) is 4.57 Å². The molecule has 0 aliphatic carbocycles. The molecule has 0 unspecified atom stereocenters. The summed E-state index contributed by atoms with van der Waals surface area (Å²) in [5, 5.41) is 10.0. The lowest BCUT2D eigenvalue weighted by Crippen LogP contribution is -2.20. The van der Waals surface area contributed by atoms with Crippen LogP contribution < -0.4 is 11.6 Å². The molecular weight excluding hydrogens is 252 g/mol. The summed E-state index contributed by atoms with van der Waals surface area (Å²) in [5.41, 5.74) is 6.71. The lowest BCUT2D eigenvalue weighted by molar-refractivity contribution is -0.0605. The number of nitrogens with two attached hydrogens (primary N) is 2. The number of ether oxygens (including phenoxy) is 1. The molecule has 0 saturated carbocycles. The van der Waals surface area contributed by atoms with Crippen LogP contribution in [0.1, 0.15) is 12.6 Å².